The number of hydrogen-bond donors (Lipinski definition) is 1. The molecule has 1 N–H and O–H groups in total. The molecule has 0 saturated carbocycles. The summed E-state index contributed by atoms with van der Waals surface area (Å²) in [5, 5.41) is 2.04. The van der Waals surface area contributed by atoms with Gasteiger partial charge in [0.2, 0.25) is 17.2 Å². The van der Waals surface area contributed by atoms with Gasteiger partial charge in [0.15, 0.2) is 10.8 Å². The van der Waals surface area contributed by atoms with Gasteiger partial charge in [0.05, 0.1) is 4.91 Å². The summed E-state index contributed by atoms with van der Waals surface area (Å²) in [7, 11) is 3.46. The molecule has 2 amide bonds. The average molecular weight is 508 g/mol. The van der Waals surface area contributed by atoms with Crippen molar-refractivity contribution in [2.45, 2.75) is 11.3 Å². The van der Waals surface area contributed by atoms with Gasteiger partial charge in [-0.15, -0.1) is 0 Å². The highest BCUT2D eigenvalue weighted by molar-refractivity contribution is 8.18. The van der Waals surface area contributed by atoms with Gasteiger partial charge in [-0.3, -0.25) is 19.4 Å². The highest BCUT2D eigenvalue weighted by Crippen LogP contribution is 2.57. The van der Waals surface area contributed by atoms with Crippen LogP contribution < -0.4 is 5.43 Å². The molecule has 1 saturated heterocycles. The third-order valence-electron chi connectivity index (χ3n) is 7.63. The molecule has 0 radical (unpaired) electrons. The second kappa shape index (κ2) is 7.41. The van der Waals surface area contributed by atoms with Crippen molar-refractivity contribution in [1.82, 2.24) is 20.2 Å². The number of rotatable bonds is 2. The Bertz CT molecular complexity index is 1590. The number of aliphatic imine (C=N–C) groups is 1. The maximum absolute atomic E-state index is 13.7. The molecule has 0 unspecified atom stereocenters. The smallest absolute Gasteiger partial charge is 0.299 e. The molecule has 3 aromatic rings. The van der Waals surface area contributed by atoms with Crippen LogP contribution in [0.3, 0.4) is 0 Å². The maximum atomic E-state index is 13.7. The molecular weight excluding hydrogens is 486 g/mol. The standard InChI is InChI=1S/C28H21N5O3S/c1-31-26(36)32(2)28(18-13-7-4-8-14-18)27(31,17-11-5-3-6-12-17)29-25-33(30-28)21-22(34)19-15-9-10-16-20(19)23(35)24(21)37-25/h3-16,30H,1-2H3/t27-,28+/m1/s1. The Labute approximate surface area is 217 Å². The molecule has 4 aliphatic rings. The first-order valence-electron chi connectivity index (χ1n) is 11.8. The summed E-state index contributed by atoms with van der Waals surface area (Å²) in [6, 6.07) is 25.9. The van der Waals surface area contributed by atoms with E-state index in [1.807, 2.05) is 60.7 Å². The number of allylic oxidation sites excluding steroid dienone is 2. The van der Waals surface area contributed by atoms with Gasteiger partial charge in [-0.05, 0) is 17.3 Å². The van der Waals surface area contributed by atoms with Crippen LogP contribution >= 0.6 is 11.8 Å². The lowest BCUT2D eigenvalue weighted by atomic mass is 9.80. The largest absolute Gasteiger partial charge is 0.323 e. The summed E-state index contributed by atoms with van der Waals surface area (Å²) >= 11 is 1.16. The molecule has 9 heteroatoms. The monoisotopic (exact) mass is 507 g/mol. The van der Waals surface area contributed by atoms with Crippen LogP contribution in [0.2, 0.25) is 0 Å². The van der Waals surface area contributed by atoms with E-state index in [0.29, 0.717) is 21.2 Å². The maximum Gasteiger partial charge on any atom is 0.323 e. The summed E-state index contributed by atoms with van der Waals surface area (Å²) in [4.78, 5) is 49.8. The normalized spacial score (nSPS) is 26.2. The molecule has 0 aromatic heterocycles. The Morgan fingerprint density at radius 2 is 1.30 bits per heavy atom. The number of urea groups is 1. The summed E-state index contributed by atoms with van der Waals surface area (Å²) in [5.74, 6) is -0.467. The quantitative estimate of drug-likeness (QED) is 0.566. The van der Waals surface area contributed by atoms with Crippen LogP contribution in [0.4, 0.5) is 4.79 Å². The Morgan fingerprint density at radius 3 is 1.95 bits per heavy atom. The molecule has 37 heavy (non-hydrogen) atoms. The molecule has 3 aliphatic heterocycles. The van der Waals surface area contributed by atoms with Crippen LogP contribution in [0.5, 0.6) is 0 Å². The number of nitrogens with zero attached hydrogens (tertiary/aromatic N) is 4. The Hall–Kier alpha value is -4.21. The minimum absolute atomic E-state index is 0.209. The number of Topliss-reactive ketones (excluding diaryl/α,β-unsaturated/α-hetero) is 2. The van der Waals surface area contributed by atoms with E-state index in [2.05, 4.69) is 5.43 Å². The van der Waals surface area contributed by atoms with Crippen molar-refractivity contribution >= 4 is 34.5 Å². The number of likely N-dealkylation sites (N-methyl/N-ethyl adjacent to an activating group) is 2. The number of amides is 2. The van der Waals surface area contributed by atoms with Gasteiger partial charge in [-0.2, -0.15) is 5.43 Å². The molecule has 1 aliphatic carbocycles. The lowest BCUT2D eigenvalue weighted by Gasteiger charge is -2.52. The Balaban J connectivity index is 1.52. The second-order valence-electron chi connectivity index (χ2n) is 9.34. The topological polar surface area (TPSA) is 85.3 Å². The summed E-state index contributed by atoms with van der Waals surface area (Å²) in [5.41, 5.74) is 3.66. The van der Waals surface area contributed by atoms with E-state index in [9.17, 15) is 14.4 Å². The zero-order chi connectivity index (χ0) is 25.5. The number of ketones is 2. The number of hydrogen-bond acceptors (Lipinski definition) is 7. The van der Waals surface area contributed by atoms with Crippen molar-refractivity contribution in [1.29, 1.82) is 0 Å². The average Bonchev–Trinajstić information content (AvgIpc) is 3.39. The fraction of sp³-hybridized carbons (Fsp3) is 0.143. The molecule has 8 nitrogen and oxygen atoms in total. The highest BCUT2D eigenvalue weighted by atomic mass is 32.2. The van der Waals surface area contributed by atoms with E-state index in [0.717, 1.165) is 22.9 Å². The second-order valence-corrected chi connectivity index (χ2v) is 10.3. The van der Waals surface area contributed by atoms with Crippen molar-refractivity contribution in [2.24, 2.45) is 4.99 Å². The van der Waals surface area contributed by atoms with E-state index in [4.69, 9.17) is 4.99 Å². The Morgan fingerprint density at radius 1 is 0.730 bits per heavy atom. The molecule has 3 heterocycles. The van der Waals surface area contributed by atoms with Gasteiger partial charge < -0.3 is 0 Å². The number of carbonyl (C=O) groups excluding carboxylic acids is 3. The third-order valence-corrected chi connectivity index (χ3v) is 8.67. The first kappa shape index (κ1) is 22.0. The molecule has 0 spiro atoms. The lowest BCUT2D eigenvalue weighted by Crippen LogP contribution is -2.70. The van der Waals surface area contributed by atoms with Crippen molar-refractivity contribution in [2.75, 3.05) is 14.1 Å². The van der Waals surface area contributed by atoms with E-state index < -0.39 is 11.3 Å². The van der Waals surface area contributed by atoms with Crippen LogP contribution in [-0.2, 0) is 11.3 Å². The van der Waals surface area contributed by atoms with Gasteiger partial charge in [0, 0.05) is 30.8 Å². The SMILES string of the molecule is CN1C(=O)N(C)[C@]2(c3ccccc3)NN3C(=N[C@]12c1ccccc1)SC1=C3C(=O)c2ccccc2C1=O. The van der Waals surface area contributed by atoms with Crippen molar-refractivity contribution < 1.29 is 14.4 Å². The van der Waals surface area contributed by atoms with Crippen molar-refractivity contribution in [3.05, 3.63) is 118 Å². The van der Waals surface area contributed by atoms with Gasteiger partial charge in [-0.25, -0.2) is 14.8 Å². The van der Waals surface area contributed by atoms with Gasteiger partial charge in [-0.1, -0.05) is 84.9 Å². The van der Waals surface area contributed by atoms with Crippen molar-refractivity contribution in [3.8, 4) is 0 Å². The van der Waals surface area contributed by atoms with Gasteiger partial charge in [0.1, 0.15) is 5.70 Å². The summed E-state index contributed by atoms with van der Waals surface area (Å²) in [6.45, 7) is 0. The minimum Gasteiger partial charge on any atom is -0.299 e. The van der Waals surface area contributed by atoms with Crippen LogP contribution in [0.1, 0.15) is 31.8 Å². The number of amidine groups is 1. The van der Waals surface area contributed by atoms with Crippen LogP contribution in [-0.4, -0.2) is 51.7 Å². The summed E-state index contributed by atoms with van der Waals surface area (Å²) in [6.07, 6.45) is 0. The van der Waals surface area contributed by atoms with E-state index in [1.54, 1.807) is 53.2 Å². The fourth-order valence-electron chi connectivity index (χ4n) is 5.92. The summed E-state index contributed by atoms with van der Waals surface area (Å²) < 4.78 is 0. The van der Waals surface area contributed by atoms with Crippen LogP contribution in [0.25, 0.3) is 0 Å². The molecule has 2 atom stereocenters. The van der Waals surface area contributed by atoms with Crippen molar-refractivity contribution in [3.63, 3.8) is 0 Å². The van der Waals surface area contributed by atoms with E-state index in [-0.39, 0.29) is 23.3 Å². The molecule has 1 fully saturated rings. The number of nitrogens with one attached hydrogen (secondary N) is 1. The van der Waals surface area contributed by atoms with E-state index >= 15 is 0 Å². The third kappa shape index (κ3) is 2.52. The first-order chi connectivity index (χ1) is 17.9. The molecule has 7 rings (SSSR count). The molecule has 0 bridgehead atoms. The van der Waals surface area contributed by atoms with Gasteiger partial charge in [0.25, 0.3) is 0 Å². The van der Waals surface area contributed by atoms with Crippen LogP contribution in [0.15, 0.2) is 101 Å². The molecule has 182 valence electrons. The minimum atomic E-state index is -1.23. The first-order valence-corrected chi connectivity index (χ1v) is 12.6. The zero-order valence-corrected chi connectivity index (χ0v) is 20.8. The zero-order valence-electron chi connectivity index (χ0n) is 20.0. The predicted octanol–water partition coefficient (Wildman–Crippen LogP) is 3.90. The van der Waals surface area contributed by atoms with Crippen LogP contribution in [0, 0.1) is 0 Å². The lowest BCUT2D eigenvalue weighted by molar-refractivity contribution is -0.0189. The predicted molar refractivity (Wildman–Crippen MR) is 139 cm³/mol. The number of hydrazine groups is 1. The highest BCUT2D eigenvalue weighted by Gasteiger charge is 2.71. The number of benzene rings is 3. The number of fused-ring (bicyclic) bond motifs is 4. The molecular formula is C28H21N5O3S. The van der Waals surface area contributed by atoms with E-state index in [1.165, 1.54) is 0 Å². The molecule has 3 aromatic carbocycles. The van der Waals surface area contributed by atoms with Gasteiger partial charge >= 0.3 is 6.03 Å². The number of carbonyl (C=O) groups is 3. The number of thioether (sulfide) groups is 1. The fourth-order valence-corrected chi connectivity index (χ4v) is 6.99. The Kier molecular flexibility index (Phi) is 4.41.